The van der Waals surface area contributed by atoms with Crippen LogP contribution in [0.4, 0.5) is 40.2 Å². The number of piperazine rings is 1. The number of ether oxygens (including phenoxy) is 1. The molecular weight excluding hydrogens is 850 g/mol. The maximum atomic E-state index is 13.5. The highest BCUT2D eigenvalue weighted by Gasteiger charge is 2.45. The summed E-state index contributed by atoms with van der Waals surface area (Å²) in [6.07, 6.45) is 4.86. The highest BCUT2D eigenvalue weighted by Crippen LogP contribution is 2.36. The quantitative estimate of drug-likeness (QED) is 0.132. The number of methoxy groups -OCH3 is 1. The minimum absolute atomic E-state index is 0.0753. The van der Waals surface area contributed by atoms with E-state index >= 15 is 0 Å². The molecule has 0 spiro atoms. The molecule has 4 amide bonds. The summed E-state index contributed by atoms with van der Waals surface area (Å²) in [5.41, 5.74) is 3.76. The standard InChI is InChI=1S/C43H50ClN11O7S/c1-51(63(3,60)61)34-10-5-4-8-31(34)47-39-30(44)26-46-43(50-39)48-32-12-11-28(25-36(32)62-2)53-18-15-27(16-19-53)54-23-21-52(22-24-54)20-17-45-33-9-6-7-29-38(33)42(59)55(41(29)58)35-13-14-37(56)49-40(35)57/h4-12,25-27,35,45H,13-24H2,1-3H3,(H,49,56,57)(H2,46,47,48,50). The number of nitrogens with zero attached hydrogens (tertiary/aromatic N) is 7. The van der Waals surface area contributed by atoms with E-state index in [0.29, 0.717) is 46.9 Å². The van der Waals surface area contributed by atoms with E-state index in [1.165, 1.54) is 17.5 Å². The van der Waals surface area contributed by atoms with Crippen molar-refractivity contribution in [3.63, 3.8) is 0 Å². The molecule has 3 fully saturated rings. The number of imide groups is 2. The van der Waals surface area contributed by atoms with Gasteiger partial charge in [-0.15, -0.1) is 0 Å². The number of fused-ring (bicyclic) bond motifs is 1. The van der Waals surface area contributed by atoms with Crippen LogP contribution < -0.4 is 35.2 Å². The molecular formula is C43H50ClN11O7S. The van der Waals surface area contributed by atoms with Crippen molar-refractivity contribution in [3.05, 3.63) is 83.0 Å². The number of sulfonamides is 1. The van der Waals surface area contributed by atoms with E-state index in [1.54, 1.807) is 49.6 Å². The first kappa shape index (κ1) is 43.6. The number of amides is 4. The summed E-state index contributed by atoms with van der Waals surface area (Å²) in [7, 11) is -0.413. The van der Waals surface area contributed by atoms with Crippen molar-refractivity contribution >= 4 is 85.5 Å². The second-order valence-corrected chi connectivity index (χ2v) is 18.4. The van der Waals surface area contributed by atoms with Crippen molar-refractivity contribution in [1.82, 2.24) is 30.0 Å². The van der Waals surface area contributed by atoms with Crippen LogP contribution in [0.1, 0.15) is 46.4 Å². The lowest BCUT2D eigenvalue weighted by Crippen LogP contribution is -2.54. The Morgan fingerprint density at radius 2 is 1.63 bits per heavy atom. The monoisotopic (exact) mass is 899 g/mol. The number of piperidine rings is 2. The smallest absolute Gasteiger partial charge is 0.264 e. The predicted octanol–water partition coefficient (Wildman–Crippen LogP) is 4.12. The average Bonchev–Trinajstić information content (AvgIpc) is 3.53. The molecule has 1 atom stereocenters. The van der Waals surface area contributed by atoms with Crippen LogP contribution >= 0.6 is 11.6 Å². The molecule has 1 unspecified atom stereocenters. The van der Waals surface area contributed by atoms with Crippen molar-refractivity contribution < 1.29 is 32.3 Å². The summed E-state index contributed by atoms with van der Waals surface area (Å²) in [5, 5.41) is 12.3. The SMILES string of the molecule is COc1cc(N2CCC(N3CCN(CCNc4cccc5c4C(=O)N(C4CCC(=O)NC4=O)C5=O)CC3)CC2)ccc1Nc1ncc(Cl)c(Nc2ccccc2N(C)S(C)(=O)=O)n1. The third kappa shape index (κ3) is 9.36. The van der Waals surface area contributed by atoms with E-state index < -0.39 is 39.7 Å². The fraction of sp³-hybridized carbons (Fsp3) is 0.395. The normalized spacial score (nSPS) is 18.9. The van der Waals surface area contributed by atoms with Crippen LogP contribution in [0.25, 0.3) is 0 Å². The van der Waals surface area contributed by atoms with Crippen LogP contribution in [0.2, 0.25) is 5.02 Å². The lowest BCUT2D eigenvalue weighted by Gasteiger charge is -2.43. The molecule has 8 rings (SSSR count). The summed E-state index contributed by atoms with van der Waals surface area (Å²) in [4.78, 5) is 68.1. The molecule has 20 heteroatoms. The predicted molar refractivity (Wildman–Crippen MR) is 241 cm³/mol. The lowest BCUT2D eigenvalue weighted by molar-refractivity contribution is -0.136. The first-order valence-corrected chi connectivity index (χ1v) is 23.1. The second kappa shape index (κ2) is 18.4. The first-order chi connectivity index (χ1) is 30.3. The van der Waals surface area contributed by atoms with E-state index in [-0.39, 0.29) is 34.9 Å². The van der Waals surface area contributed by atoms with Gasteiger partial charge in [-0.3, -0.25) is 43.5 Å². The molecule has 1 aromatic heterocycles. The maximum Gasteiger partial charge on any atom is 0.264 e. The number of para-hydroxylation sites is 2. The minimum atomic E-state index is -3.51. The molecule has 0 radical (unpaired) electrons. The number of nitrogens with one attached hydrogen (secondary N) is 4. The molecule has 4 aliphatic heterocycles. The summed E-state index contributed by atoms with van der Waals surface area (Å²) in [5.74, 6) is -0.866. The van der Waals surface area contributed by atoms with Gasteiger partial charge < -0.3 is 25.6 Å². The number of rotatable bonds is 14. The molecule has 63 heavy (non-hydrogen) atoms. The molecule has 3 aromatic carbocycles. The van der Waals surface area contributed by atoms with Gasteiger partial charge in [-0.25, -0.2) is 13.4 Å². The Morgan fingerprint density at radius 1 is 0.889 bits per heavy atom. The lowest BCUT2D eigenvalue weighted by atomic mass is 10.0. The summed E-state index contributed by atoms with van der Waals surface area (Å²) in [6.45, 7) is 6.92. The zero-order valence-corrected chi connectivity index (χ0v) is 36.8. The van der Waals surface area contributed by atoms with Crippen molar-refractivity contribution in [2.24, 2.45) is 0 Å². The fourth-order valence-corrected chi connectivity index (χ4v) is 9.28. The number of aromatic nitrogens is 2. The van der Waals surface area contributed by atoms with Gasteiger partial charge in [0.15, 0.2) is 5.82 Å². The highest BCUT2D eigenvalue weighted by molar-refractivity contribution is 7.92. The number of carbonyl (C=O) groups excluding carboxylic acids is 4. The number of anilines is 7. The van der Waals surface area contributed by atoms with Gasteiger partial charge in [0.1, 0.15) is 16.8 Å². The Hall–Kier alpha value is -6.02. The van der Waals surface area contributed by atoms with E-state index in [9.17, 15) is 27.6 Å². The summed E-state index contributed by atoms with van der Waals surface area (Å²) >= 11 is 6.47. The van der Waals surface area contributed by atoms with E-state index in [2.05, 4.69) is 52.0 Å². The van der Waals surface area contributed by atoms with Crippen LogP contribution in [-0.4, -0.2) is 142 Å². The van der Waals surface area contributed by atoms with Crippen molar-refractivity contribution in [1.29, 1.82) is 0 Å². The minimum Gasteiger partial charge on any atom is -0.494 e. The van der Waals surface area contributed by atoms with Gasteiger partial charge in [-0.05, 0) is 55.7 Å². The fourth-order valence-electron chi connectivity index (χ4n) is 8.63. The molecule has 4 aromatic rings. The third-order valence-corrected chi connectivity index (χ3v) is 13.6. The van der Waals surface area contributed by atoms with Gasteiger partial charge in [-0.2, -0.15) is 4.98 Å². The molecule has 18 nitrogen and oxygen atoms in total. The number of halogens is 1. The third-order valence-electron chi connectivity index (χ3n) is 12.1. The second-order valence-electron chi connectivity index (χ2n) is 16.0. The van der Waals surface area contributed by atoms with Crippen LogP contribution in [-0.2, 0) is 19.6 Å². The van der Waals surface area contributed by atoms with Gasteiger partial charge >= 0.3 is 0 Å². The van der Waals surface area contributed by atoms with Gasteiger partial charge in [0, 0.05) is 89.3 Å². The number of hydrogen-bond donors (Lipinski definition) is 4. The van der Waals surface area contributed by atoms with E-state index in [1.807, 2.05) is 12.1 Å². The Bertz CT molecular complexity index is 2530. The van der Waals surface area contributed by atoms with Crippen LogP contribution in [0.15, 0.2) is 66.9 Å². The summed E-state index contributed by atoms with van der Waals surface area (Å²) in [6, 6.07) is 17.6. The molecule has 0 aliphatic carbocycles. The Morgan fingerprint density at radius 3 is 2.37 bits per heavy atom. The average molecular weight is 900 g/mol. The highest BCUT2D eigenvalue weighted by atomic mass is 35.5. The Kier molecular flexibility index (Phi) is 12.7. The summed E-state index contributed by atoms with van der Waals surface area (Å²) < 4.78 is 31.5. The molecule has 4 aliphatic rings. The number of benzene rings is 3. The van der Waals surface area contributed by atoms with Crippen molar-refractivity contribution in [2.45, 2.75) is 37.8 Å². The Labute approximate surface area is 371 Å². The zero-order valence-electron chi connectivity index (χ0n) is 35.3. The van der Waals surface area contributed by atoms with E-state index in [0.717, 1.165) is 75.5 Å². The Balaban J connectivity index is 0.810. The number of carbonyl (C=O) groups is 4. The van der Waals surface area contributed by atoms with E-state index in [4.69, 9.17) is 16.3 Å². The molecule has 332 valence electrons. The van der Waals surface area contributed by atoms with Crippen LogP contribution in [0.3, 0.4) is 0 Å². The topological polar surface area (TPSA) is 202 Å². The van der Waals surface area contributed by atoms with Crippen molar-refractivity contribution in [2.75, 3.05) is 97.9 Å². The van der Waals surface area contributed by atoms with Crippen LogP contribution in [0.5, 0.6) is 5.75 Å². The van der Waals surface area contributed by atoms with Crippen LogP contribution in [0, 0.1) is 0 Å². The maximum absolute atomic E-state index is 13.5. The molecule has 4 N–H and O–H groups in total. The van der Waals surface area contributed by atoms with Crippen molar-refractivity contribution in [3.8, 4) is 5.75 Å². The largest absolute Gasteiger partial charge is 0.494 e. The van der Waals surface area contributed by atoms with Gasteiger partial charge in [0.2, 0.25) is 27.8 Å². The molecule has 0 bridgehead atoms. The van der Waals surface area contributed by atoms with Gasteiger partial charge in [-0.1, -0.05) is 29.8 Å². The zero-order chi connectivity index (χ0) is 44.4. The van der Waals surface area contributed by atoms with Gasteiger partial charge in [0.05, 0.1) is 47.8 Å². The first-order valence-electron chi connectivity index (χ1n) is 20.9. The number of hydrogen-bond acceptors (Lipinski definition) is 15. The molecule has 3 saturated heterocycles. The molecule has 5 heterocycles. The molecule has 0 saturated carbocycles. The van der Waals surface area contributed by atoms with Gasteiger partial charge in [0.25, 0.3) is 11.8 Å².